The number of fused-ring (bicyclic) bond motifs is 1. The van der Waals surface area contributed by atoms with Gasteiger partial charge in [-0.15, -0.1) is 0 Å². The molecule has 5 rings (SSSR count). The number of aryl methyl sites for hydroxylation is 1. The summed E-state index contributed by atoms with van der Waals surface area (Å²) in [6, 6.07) is 4.47. The highest BCUT2D eigenvalue weighted by atomic mass is 19.4. The van der Waals surface area contributed by atoms with Crippen LogP contribution in [0.2, 0.25) is 0 Å². The molecular weight excluding hydrogens is 582 g/mol. The van der Waals surface area contributed by atoms with Crippen LogP contribution in [0.5, 0.6) is 0 Å². The number of nitrogens with one attached hydrogen (secondary N) is 3. The Balaban J connectivity index is 1.32. The van der Waals surface area contributed by atoms with Gasteiger partial charge in [-0.1, -0.05) is 6.07 Å². The van der Waals surface area contributed by atoms with E-state index in [4.69, 9.17) is 0 Å². The maximum Gasteiger partial charge on any atom is 0.471 e. The predicted molar refractivity (Wildman–Crippen MR) is 143 cm³/mol. The summed E-state index contributed by atoms with van der Waals surface area (Å²) in [4.78, 5) is 32.9. The Morgan fingerprint density at radius 2 is 1.67 bits per heavy atom. The number of hydrogen-bond donors (Lipinski definition) is 3. The number of carbonyl (C=O) groups excluding carboxylic acids is 2. The van der Waals surface area contributed by atoms with E-state index < -0.39 is 30.2 Å². The first-order valence-electron chi connectivity index (χ1n) is 13.5. The molecule has 16 heteroatoms. The second kappa shape index (κ2) is 11.7. The molecule has 0 unspecified atom stereocenters. The van der Waals surface area contributed by atoms with Gasteiger partial charge in [0.25, 0.3) is 0 Å². The molecule has 2 aliphatic rings. The SMILES string of the molecule is Cn1cc(-c2cnc(Nc3ccc4c(c3)CN(C(=O)C(F)(F)F)CC4)nc2NC2CCC(NC(=O)C(F)(F)F)CC2)cn1. The van der Waals surface area contributed by atoms with Gasteiger partial charge < -0.3 is 20.9 Å². The van der Waals surface area contributed by atoms with E-state index in [-0.39, 0.29) is 25.1 Å². The van der Waals surface area contributed by atoms with Crippen LogP contribution in [0.4, 0.5) is 43.8 Å². The summed E-state index contributed by atoms with van der Waals surface area (Å²) in [6.07, 6.45) is -2.92. The van der Waals surface area contributed by atoms with Crippen molar-refractivity contribution in [3.8, 4) is 11.1 Å². The lowest BCUT2D eigenvalue weighted by Crippen LogP contribution is -2.45. The van der Waals surface area contributed by atoms with Gasteiger partial charge in [0.1, 0.15) is 5.82 Å². The smallest absolute Gasteiger partial charge is 0.367 e. The largest absolute Gasteiger partial charge is 0.471 e. The monoisotopic (exact) mass is 610 g/mol. The van der Waals surface area contributed by atoms with Crippen LogP contribution in [0.25, 0.3) is 11.1 Å². The molecule has 3 aromatic rings. The van der Waals surface area contributed by atoms with Crippen molar-refractivity contribution >= 4 is 29.3 Å². The van der Waals surface area contributed by atoms with E-state index in [2.05, 4.69) is 25.7 Å². The van der Waals surface area contributed by atoms with E-state index in [1.807, 2.05) is 5.32 Å². The van der Waals surface area contributed by atoms with Crippen LogP contribution >= 0.6 is 0 Å². The number of hydrogen-bond acceptors (Lipinski definition) is 7. The lowest BCUT2D eigenvalue weighted by Gasteiger charge is -2.30. The zero-order chi connectivity index (χ0) is 30.9. The van der Waals surface area contributed by atoms with E-state index in [1.54, 1.807) is 48.5 Å². The quantitative estimate of drug-likeness (QED) is 0.353. The van der Waals surface area contributed by atoms with Gasteiger partial charge in [0, 0.05) is 61.4 Å². The maximum atomic E-state index is 13.0. The number of rotatable bonds is 6. The number of amides is 2. The van der Waals surface area contributed by atoms with E-state index in [1.165, 1.54) is 0 Å². The summed E-state index contributed by atoms with van der Waals surface area (Å²) < 4.78 is 78.4. The molecule has 0 radical (unpaired) electrons. The van der Waals surface area contributed by atoms with E-state index in [9.17, 15) is 35.9 Å². The molecule has 1 aliphatic carbocycles. The fourth-order valence-corrected chi connectivity index (χ4v) is 5.28. The number of aromatic nitrogens is 4. The Kier molecular flexibility index (Phi) is 8.21. The Labute approximate surface area is 241 Å². The van der Waals surface area contributed by atoms with Crippen LogP contribution in [-0.4, -0.2) is 67.4 Å². The molecule has 230 valence electrons. The Morgan fingerprint density at radius 3 is 2.33 bits per heavy atom. The molecule has 43 heavy (non-hydrogen) atoms. The predicted octanol–water partition coefficient (Wildman–Crippen LogP) is 4.47. The normalized spacial score (nSPS) is 19.0. The summed E-state index contributed by atoms with van der Waals surface area (Å²) in [5.41, 5.74) is 3.30. The van der Waals surface area contributed by atoms with Crippen molar-refractivity contribution in [1.29, 1.82) is 0 Å². The molecule has 0 atom stereocenters. The number of nitrogens with zero attached hydrogens (tertiary/aromatic N) is 5. The Bertz CT molecular complexity index is 1500. The zero-order valence-corrected chi connectivity index (χ0v) is 22.9. The minimum atomic E-state index is -4.95. The molecule has 3 heterocycles. The zero-order valence-electron chi connectivity index (χ0n) is 22.9. The van der Waals surface area contributed by atoms with Crippen LogP contribution in [0.15, 0.2) is 36.8 Å². The number of halogens is 6. The van der Waals surface area contributed by atoms with Gasteiger partial charge in [0.05, 0.1) is 6.20 Å². The summed E-state index contributed by atoms with van der Waals surface area (Å²) >= 11 is 0. The molecule has 1 aromatic carbocycles. The maximum absolute atomic E-state index is 13.0. The van der Waals surface area contributed by atoms with Crippen molar-refractivity contribution in [3.63, 3.8) is 0 Å². The average Bonchev–Trinajstić information content (AvgIpc) is 3.38. The van der Waals surface area contributed by atoms with Gasteiger partial charge in [-0.3, -0.25) is 14.3 Å². The molecule has 10 nitrogen and oxygen atoms in total. The molecule has 2 amide bonds. The number of benzene rings is 1. The molecular formula is C27H28F6N8O2. The highest BCUT2D eigenvalue weighted by Gasteiger charge is 2.43. The van der Waals surface area contributed by atoms with Gasteiger partial charge in [-0.25, -0.2) is 4.98 Å². The van der Waals surface area contributed by atoms with Gasteiger partial charge >= 0.3 is 24.2 Å². The Hall–Kier alpha value is -4.37. The summed E-state index contributed by atoms with van der Waals surface area (Å²) in [7, 11) is 1.75. The van der Waals surface area contributed by atoms with E-state index in [0.717, 1.165) is 16.0 Å². The highest BCUT2D eigenvalue weighted by Crippen LogP contribution is 2.32. The molecule has 0 bridgehead atoms. The van der Waals surface area contributed by atoms with Crippen LogP contribution in [0.1, 0.15) is 36.8 Å². The number of carbonyl (C=O) groups is 2. The molecule has 1 aliphatic heterocycles. The molecule has 0 saturated heterocycles. The summed E-state index contributed by atoms with van der Waals surface area (Å²) in [5.74, 6) is -3.18. The fraction of sp³-hybridized carbons (Fsp3) is 0.444. The van der Waals surface area contributed by atoms with Gasteiger partial charge in [-0.2, -0.15) is 36.4 Å². The first kappa shape index (κ1) is 30.1. The third-order valence-corrected chi connectivity index (χ3v) is 7.47. The van der Waals surface area contributed by atoms with Crippen molar-refractivity contribution < 1.29 is 35.9 Å². The first-order chi connectivity index (χ1) is 20.3. The van der Waals surface area contributed by atoms with Gasteiger partial charge in [-0.05, 0) is 55.4 Å². The Morgan fingerprint density at radius 1 is 0.953 bits per heavy atom. The van der Waals surface area contributed by atoms with Crippen LogP contribution < -0.4 is 16.0 Å². The van der Waals surface area contributed by atoms with Crippen LogP contribution in [0.3, 0.4) is 0 Å². The first-order valence-corrected chi connectivity index (χ1v) is 13.5. The third kappa shape index (κ3) is 7.17. The minimum Gasteiger partial charge on any atom is -0.367 e. The molecule has 3 N–H and O–H groups in total. The summed E-state index contributed by atoms with van der Waals surface area (Å²) in [6.45, 7) is -0.203. The second-order valence-corrected chi connectivity index (χ2v) is 10.6. The van der Waals surface area contributed by atoms with Crippen LogP contribution in [0, 0.1) is 0 Å². The van der Waals surface area contributed by atoms with E-state index >= 15 is 0 Å². The number of alkyl halides is 6. The lowest BCUT2D eigenvalue weighted by molar-refractivity contribution is -0.186. The summed E-state index contributed by atoms with van der Waals surface area (Å²) in [5, 5.41) is 12.7. The highest BCUT2D eigenvalue weighted by molar-refractivity contribution is 5.82. The average molecular weight is 611 g/mol. The molecule has 0 spiro atoms. The van der Waals surface area contributed by atoms with Crippen molar-refractivity contribution in [1.82, 2.24) is 30.0 Å². The third-order valence-electron chi connectivity index (χ3n) is 7.47. The topological polar surface area (TPSA) is 117 Å². The van der Waals surface area contributed by atoms with Gasteiger partial charge in [0.2, 0.25) is 5.95 Å². The molecule has 1 fully saturated rings. The molecule has 1 saturated carbocycles. The van der Waals surface area contributed by atoms with Gasteiger partial charge in [0.15, 0.2) is 0 Å². The van der Waals surface area contributed by atoms with Crippen molar-refractivity contribution in [2.24, 2.45) is 7.05 Å². The standard InChI is InChI=1S/C27H28F6N8O2/c1-40-13-17(11-35-40)21-12-34-25(39-22(21)36-18-4-6-19(7-5-18)37-23(42)26(28,29)30)38-20-3-2-15-8-9-41(14-16(15)10-20)24(43)27(31,32)33/h2-3,10-13,18-19H,4-9,14H2,1H3,(H,37,42)(H2,34,36,38,39). The van der Waals surface area contributed by atoms with Crippen molar-refractivity contribution in [3.05, 3.63) is 47.9 Å². The van der Waals surface area contributed by atoms with Crippen molar-refractivity contribution in [2.75, 3.05) is 17.2 Å². The van der Waals surface area contributed by atoms with Crippen LogP contribution in [-0.2, 0) is 29.6 Å². The van der Waals surface area contributed by atoms with Crippen molar-refractivity contribution in [2.45, 2.75) is 63.1 Å². The molecule has 2 aromatic heterocycles. The minimum absolute atomic E-state index is 0.0251. The second-order valence-electron chi connectivity index (χ2n) is 10.6. The lowest BCUT2D eigenvalue weighted by atomic mass is 9.91. The fourth-order valence-electron chi connectivity index (χ4n) is 5.28. The van der Waals surface area contributed by atoms with E-state index in [0.29, 0.717) is 54.7 Å². The number of anilines is 3.